The predicted octanol–water partition coefficient (Wildman–Crippen LogP) is 13.0. The summed E-state index contributed by atoms with van der Waals surface area (Å²) in [4.78, 5) is 24.3. The second kappa shape index (κ2) is 40.1. The topological polar surface area (TPSA) is 69.6 Å². The van der Waals surface area contributed by atoms with Gasteiger partial charge in [0.25, 0.3) is 0 Å². The van der Waals surface area contributed by atoms with Gasteiger partial charge < -0.3 is 10.4 Å². The summed E-state index contributed by atoms with van der Waals surface area (Å²) in [6, 6.07) is 0. The van der Waals surface area contributed by atoms with E-state index in [1.807, 2.05) is 14.1 Å². The van der Waals surface area contributed by atoms with Crippen molar-refractivity contribution in [2.45, 2.75) is 239 Å². The Bertz CT molecular complexity index is 611. The van der Waals surface area contributed by atoms with Crippen LogP contribution in [0.15, 0.2) is 0 Å². The van der Waals surface area contributed by atoms with Gasteiger partial charge in [0.1, 0.15) is 0 Å². The zero-order valence-corrected chi connectivity index (χ0v) is 32.1. The molecule has 0 fully saturated rings. The van der Waals surface area contributed by atoms with Gasteiger partial charge in [0.05, 0.1) is 6.17 Å². The van der Waals surface area contributed by atoms with Gasteiger partial charge >= 0.3 is 5.97 Å². The second-order valence-corrected chi connectivity index (χ2v) is 14.2. The van der Waals surface area contributed by atoms with Gasteiger partial charge in [0.15, 0.2) is 0 Å². The molecule has 1 amide bonds. The molecular formula is C41H84N2O3. The molecule has 0 aliphatic rings. The number of nitrogens with one attached hydrogen (secondary N) is 1. The highest BCUT2D eigenvalue weighted by Crippen LogP contribution is 2.15. The third-order valence-corrected chi connectivity index (χ3v) is 9.34. The van der Waals surface area contributed by atoms with Gasteiger partial charge in [-0.2, -0.15) is 0 Å². The van der Waals surface area contributed by atoms with E-state index in [1.165, 1.54) is 173 Å². The summed E-state index contributed by atoms with van der Waals surface area (Å²) in [7, 11) is 4.03. The molecule has 0 aromatic heterocycles. The quantitative estimate of drug-likeness (QED) is 0.0528. The smallest absolute Gasteiger partial charge is 0.303 e. The lowest BCUT2D eigenvalue weighted by Crippen LogP contribution is -2.44. The largest absolute Gasteiger partial charge is 0.481 e. The van der Waals surface area contributed by atoms with E-state index < -0.39 is 5.97 Å². The summed E-state index contributed by atoms with van der Waals surface area (Å²) in [5.41, 5.74) is 0. The Morgan fingerprint density at radius 2 is 0.717 bits per heavy atom. The standard InChI is InChI=1S/C23H48N2O.C18H36O2/c1-5-7-8-9-10-11-12-13-14-15-16-17-18-19-20-21-23(26)24-22(6-2)25(3)4;1-2-3-4-5-6-7-8-9-10-11-12-13-14-15-16-17-18(19)20/h22H,5-21H2,1-4H3,(H,24,26);2-17H2,1H3,(H,19,20). The molecule has 1 atom stereocenters. The molecule has 0 aromatic rings. The molecular weight excluding hydrogens is 568 g/mol. The lowest BCUT2D eigenvalue weighted by Gasteiger charge is -2.23. The van der Waals surface area contributed by atoms with Crippen LogP contribution >= 0.6 is 0 Å². The van der Waals surface area contributed by atoms with Gasteiger partial charge in [0.2, 0.25) is 5.91 Å². The number of aliphatic carboxylic acids is 1. The lowest BCUT2D eigenvalue weighted by molar-refractivity contribution is -0.137. The Morgan fingerprint density at radius 3 is 0.957 bits per heavy atom. The average molecular weight is 653 g/mol. The van der Waals surface area contributed by atoms with Crippen LogP contribution in [0.4, 0.5) is 0 Å². The molecule has 1 unspecified atom stereocenters. The fourth-order valence-corrected chi connectivity index (χ4v) is 6.16. The average Bonchev–Trinajstić information content (AvgIpc) is 3.03. The van der Waals surface area contributed by atoms with E-state index in [2.05, 4.69) is 31.0 Å². The maximum absolute atomic E-state index is 11.9. The molecule has 0 rings (SSSR count). The van der Waals surface area contributed by atoms with Gasteiger partial charge in [-0.1, -0.05) is 201 Å². The highest BCUT2D eigenvalue weighted by Gasteiger charge is 2.11. The molecule has 0 heterocycles. The summed E-state index contributed by atoms with van der Waals surface area (Å²) in [6.07, 6.45) is 42.5. The van der Waals surface area contributed by atoms with Crippen LogP contribution in [0.5, 0.6) is 0 Å². The third-order valence-electron chi connectivity index (χ3n) is 9.34. The van der Waals surface area contributed by atoms with Crippen molar-refractivity contribution in [2.75, 3.05) is 14.1 Å². The molecule has 0 aliphatic carbocycles. The molecule has 2 N–H and O–H groups in total. The molecule has 5 heteroatoms. The van der Waals surface area contributed by atoms with Gasteiger partial charge in [-0.3, -0.25) is 14.5 Å². The van der Waals surface area contributed by atoms with E-state index in [9.17, 15) is 9.59 Å². The third kappa shape index (κ3) is 40.9. The maximum Gasteiger partial charge on any atom is 0.303 e. The molecule has 276 valence electrons. The van der Waals surface area contributed by atoms with Crippen LogP contribution in [0.3, 0.4) is 0 Å². The van der Waals surface area contributed by atoms with E-state index in [1.54, 1.807) is 0 Å². The molecule has 0 saturated carbocycles. The number of carbonyl (C=O) groups is 2. The first-order chi connectivity index (χ1) is 22.4. The van der Waals surface area contributed by atoms with Crippen molar-refractivity contribution in [1.82, 2.24) is 10.2 Å². The van der Waals surface area contributed by atoms with Crippen LogP contribution in [0.1, 0.15) is 233 Å². The first-order valence-electron chi connectivity index (χ1n) is 20.6. The van der Waals surface area contributed by atoms with Crippen molar-refractivity contribution in [3.8, 4) is 0 Å². The maximum atomic E-state index is 11.9. The van der Waals surface area contributed by atoms with E-state index in [0.29, 0.717) is 12.8 Å². The van der Waals surface area contributed by atoms with Crippen molar-refractivity contribution in [3.63, 3.8) is 0 Å². The normalized spacial score (nSPS) is 11.8. The van der Waals surface area contributed by atoms with E-state index in [0.717, 1.165) is 25.7 Å². The number of carboxylic acids is 1. The number of carboxylic acid groups (broad SMARTS) is 1. The van der Waals surface area contributed by atoms with E-state index in [-0.39, 0.29) is 12.1 Å². The molecule has 0 aliphatic heterocycles. The van der Waals surface area contributed by atoms with Crippen LogP contribution in [0.2, 0.25) is 0 Å². The minimum absolute atomic E-state index is 0.179. The highest BCUT2D eigenvalue weighted by molar-refractivity contribution is 5.76. The molecule has 0 spiro atoms. The summed E-state index contributed by atoms with van der Waals surface area (Å²) in [5.74, 6) is -0.445. The number of rotatable bonds is 35. The number of hydrogen-bond donors (Lipinski definition) is 2. The van der Waals surface area contributed by atoms with Gasteiger partial charge in [-0.15, -0.1) is 0 Å². The molecule has 0 aromatic carbocycles. The summed E-state index contributed by atoms with van der Waals surface area (Å²) in [5, 5.41) is 11.6. The first-order valence-corrected chi connectivity index (χ1v) is 20.6. The minimum atomic E-state index is -0.653. The molecule has 0 bridgehead atoms. The Labute approximate surface area is 289 Å². The number of unbranched alkanes of at least 4 members (excludes halogenated alkanes) is 28. The van der Waals surface area contributed by atoms with Crippen molar-refractivity contribution < 1.29 is 14.7 Å². The first kappa shape index (κ1) is 47.0. The van der Waals surface area contributed by atoms with Crippen molar-refractivity contribution in [1.29, 1.82) is 0 Å². The van der Waals surface area contributed by atoms with Gasteiger partial charge in [0, 0.05) is 12.8 Å². The van der Waals surface area contributed by atoms with Crippen molar-refractivity contribution in [3.05, 3.63) is 0 Å². The summed E-state index contributed by atoms with van der Waals surface area (Å²) < 4.78 is 0. The van der Waals surface area contributed by atoms with Crippen molar-refractivity contribution in [2.24, 2.45) is 0 Å². The molecule has 0 radical (unpaired) electrons. The number of nitrogens with zero attached hydrogens (tertiary/aromatic N) is 1. The Kier molecular flexibility index (Phi) is 41.0. The molecule has 46 heavy (non-hydrogen) atoms. The summed E-state index contributed by atoms with van der Waals surface area (Å²) >= 11 is 0. The number of hydrogen-bond acceptors (Lipinski definition) is 3. The predicted molar refractivity (Wildman–Crippen MR) is 203 cm³/mol. The second-order valence-electron chi connectivity index (χ2n) is 14.2. The number of carbonyl (C=O) groups excluding carboxylic acids is 1. The fourth-order valence-electron chi connectivity index (χ4n) is 6.16. The van der Waals surface area contributed by atoms with Gasteiger partial charge in [-0.25, -0.2) is 0 Å². The van der Waals surface area contributed by atoms with Crippen LogP contribution in [0, 0.1) is 0 Å². The number of amides is 1. The van der Waals surface area contributed by atoms with E-state index >= 15 is 0 Å². The fraction of sp³-hybridized carbons (Fsp3) is 0.951. The molecule has 0 saturated heterocycles. The van der Waals surface area contributed by atoms with Gasteiger partial charge in [-0.05, 0) is 33.4 Å². The lowest BCUT2D eigenvalue weighted by atomic mass is 10.0. The SMILES string of the molecule is CCCCCCCCCCCCCCCCCC(=O)NC(CC)N(C)C.CCCCCCCCCCCCCCCCCC(=O)O. The van der Waals surface area contributed by atoms with Crippen LogP contribution in [0.25, 0.3) is 0 Å². The van der Waals surface area contributed by atoms with Crippen LogP contribution in [-0.4, -0.2) is 42.1 Å². The minimum Gasteiger partial charge on any atom is -0.481 e. The zero-order chi connectivity index (χ0) is 34.4. The molecule has 5 nitrogen and oxygen atoms in total. The Balaban J connectivity index is 0. The van der Waals surface area contributed by atoms with Crippen LogP contribution in [-0.2, 0) is 9.59 Å². The zero-order valence-electron chi connectivity index (χ0n) is 32.1. The van der Waals surface area contributed by atoms with Crippen LogP contribution < -0.4 is 5.32 Å². The van der Waals surface area contributed by atoms with E-state index in [4.69, 9.17) is 5.11 Å². The highest BCUT2D eigenvalue weighted by atomic mass is 16.4. The Hall–Kier alpha value is -1.10. The Morgan fingerprint density at radius 1 is 0.457 bits per heavy atom. The monoisotopic (exact) mass is 653 g/mol. The van der Waals surface area contributed by atoms with Crippen molar-refractivity contribution >= 4 is 11.9 Å². The summed E-state index contributed by atoms with van der Waals surface area (Å²) in [6.45, 7) is 6.66.